The molecule has 8 N–H and O–H groups in total. The second-order valence-electron chi connectivity index (χ2n) is 4.33. The molecule has 0 rings (SSSR count). The third-order valence-corrected chi connectivity index (χ3v) is 2.59. The number of guanidine groups is 1. The van der Waals surface area contributed by atoms with Gasteiger partial charge < -0.3 is 26.8 Å². The molecule has 0 amide bonds. The van der Waals surface area contributed by atoms with Gasteiger partial charge in [0.25, 0.3) is 0 Å². The Balaban J connectivity index is 0. The molecule has 0 saturated carbocycles. The predicted molar refractivity (Wildman–Crippen MR) is 78.5 cm³/mol. The Morgan fingerprint density at radius 3 is 1.91 bits per heavy atom. The largest absolute Gasteiger partial charge is 0.481 e. The van der Waals surface area contributed by atoms with Crippen LogP contribution in [0.2, 0.25) is 0 Å². The summed E-state index contributed by atoms with van der Waals surface area (Å²) < 4.78 is 0. The number of carboxylic acid groups (broad SMARTS) is 3. The molecule has 0 aliphatic rings. The molecule has 0 bridgehead atoms. The van der Waals surface area contributed by atoms with E-state index in [1.807, 2.05) is 0 Å². The number of carboxylic acids is 3. The van der Waals surface area contributed by atoms with Crippen LogP contribution in [0.1, 0.15) is 25.7 Å². The maximum absolute atomic E-state index is 11.1. The summed E-state index contributed by atoms with van der Waals surface area (Å²) in [5, 5.41) is 29.0. The van der Waals surface area contributed by atoms with Crippen LogP contribution in [-0.2, 0) is 14.4 Å². The van der Waals surface area contributed by atoms with Gasteiger partial charge in [-0.25, -0.2) is 0 Å². The first kappa shape index (κ1) is 22.7. The summed E-state index contributed by atoms with van der Waals surface area (Å²) >= 11 is 0. The summed E-state index contributed by atoms with van der Waals surface area (Å²) in [5.41, 5.74) is 10.2. The second-order valence-corrected chi connectivity index (χ2v) is 4.33. The molecule has 2 atom stereocenters. The number of aliphatic carboxylic acids is 3. The van der Waals surface area contributed by atoms with E-state index in [2.05, 4.69) is 10.3 Å². The Morgan fingerprint density at radius 2 is 1.50 bits per heavy atom. The molecule has 0 aromatic heterocycles. The van der Waals surface area contributed by atoms with E-state index in [4.69, 9.17) is 26.8 Å². The van der Waals surface area contributed by atoms with Crippen molar-refractivity contribution in [1.82, 2.24) is 5.32 Å². The summed E-state index contributed by atoms with van der Waals surface area (Å²) in [6, 6.07) is -2.36. The minimum atomic E-state index is -1.30. The molecule has 0 aliphatic heterocycles. The van der Waals surface area contributed by atoms with Crippen LogP contribution in [0.3, 0.4) is 0 Å². The van der Waals surface area contributed by atoms with Crippen LogP contribution in [0.5, 0.6) is 0 Å². The minimum absolute atomic E-state index is 0. The maximum Gasteiger partial charge on any atom is 0.320 e. The van der Waals surface area contributed by atoms with Gasteiger partial charge in [-0.15, -0.1) is 0 Å². The fourth-order valence-electron chi connectivity index (χ4n) is 1.57. The number of nitrogens with one attached hydrogen (secondary N) is 1. The Morgan fingerprint density at radius 1 is 1.00 bits per heavy atom. The number of aliphatic imine (C=N–C) groups is 1. The molecule has 0 fully saturated rings. The van der Waals surface area contributed by atoms with Gasteiger partial charge in [0.1, 0.15) is 12.1 Å². The van der Waals surface area contributed by atoms with Gasteiger partial charge in [-0.05, 0) is 19.3 Å². The van der Waals surface area contributed by atoms with E-state index < -0.39 is 30.0 Å². The number of nitrogens with two attached hydrogens (primary N) is 2. The van der Waals surface area contributed by atoms with Gasteiger partial charge in [-0.2, -0.15) is 0 Å². The van der Waals surface area contributed by atoms with E-state index >= 15 is 0 Å². The van der Waals surface area contributed by atoms with Crippen LogP contribution in [0.4, 0.5) is 0 Å². The molecule has 0 spiro atoms. The molecule has 0 aliphatic carbocycles. The van der Waals surface area contributed by atoms with Crippen molar-refractivity contribution in [2.75, 3.05) is 6.54 Å². The van der Waals surface area contributed by atoms with Crippen LogP contribution >= 0.6 is 0 Å². The van der Waals surface area contributed by atoms with Gasteiger partial charge >= 0.3 is 17.9 Å². The molecule has 0 aromatic carbocycles. The van der Waals surface area contributed by atoms with Crippen molar-refractivity contribution < 1.29 is 29.7 Å². The van der Waals surface area contributed by atoms with Crippen molar-refractivity contribution in [3.8, 4) is 0 Å². The normalized spacial score (nSPS) is 12.5. The number of rotatable bonds is 11. The molecular formula is C11H20N4O6Sn. The topological polar surface area (TPSA) is 188 Å². The molecule has 0 aromatic rings. The fraction of sp³-hybridized carbons (Fsp3) is 0.636. The first-order chi connectivity index (χ1) is 9.73. The number of hydrogen-bond donors (Lipinski definition) is 6. The molecule has 4 radical (unpaired) electrons. The van der Waals surface area contributed by atoms with E-state index in [1.165, 1.54) is 0 Å². The first-order valence-electron chi connectivity index (χ1n) is 6.23. The molecule has 2 unspecified atom stereocenters. The zero-order valence-corrected chi connectivity index (χ0v) is 14.7. The van der Waals surface area contributed by atoms with Crippen molar-refractivity contribution >= 4 is 47.8 Å². The van der Waals surface area contributed by atoms with Crippen molar-refractivity contribution in [3.05, 3.63) is 0 Å². The standard InChI is InChI=1S/C11H20N4O6.Sn/c12-11(13)14-5-1-2-6(9(18)19)15-7(10(20)21)3-4-8(16)17;/h6-7,15H,1-5H2,(H,16,17)(H,18,19)(H,20,21)(H4,12,13,14);. The van der Waals surface area contributed by atoms with Gasteiger partial charge in [0.15, 0.2) is 5.96 Å². The number of nitrogens with zero attached hydrogens (tertiary/aromatic N) is 1. The van der Waals surface area contributed by atoms with E-state index in [0.29, 0.717) is 6.42 Å². The maximum atomic E-state index is 11.1. The average molecular weight is 423 g/mol. The molecule has 0 saturated heterocycles. The summed E-state index contributed by atoms with van der Waals surface area (Å²) in [6.45, 7) is 0.223. The number of carbonyl (C=O) groups is 3. The Kier molecular flexibility index (Phi) is 12.4. The molecular weight excluding hydrogens is 403 g/mol. The van der Waals surface area contributed by atoms with E-state index in [9.17, 15) is 14.4 Å². The summed E-state index contributed by atoms with van der Waals surface area (Å²) in [5.74, 6) is -3.78. The van der Waals surface area contributed by atoms with Crippen molar-refractivity contribution in [3.63, 3.8) is 0 Å². The molecule has 22 heavy (non-hydrogen) atoms. The average Bonchev–Trinajstić information content (AvgIpc) is 2.35. The van der Waals surface area contributed by atoms with Crippen LogP contribution < -0.4 is 16.8 Å². The molecule has 10 nitrogen and oxygen atoms in total. The number of hydrogen-bond acceptors (Lipinski definition) is 5. The predicted octanol–water partition coefficient (Wildman–Crippen LogP) is -1.98. The first-order valence-corrected chi connectivity index (χ1v) is 6.23. The van der Waals surface area contributed by atoms with Gasteiger partial charge in [0.2, 0.25) is 0 Å². The third-order valence-electron chi connectivity index (χ3n) is 2.59. The fourth-order valence-corrected chi connectivity index (χ4v) is 1.57. The Labute approximate surface area is 143 Å². The van der Waals surface area contributed by atoms with E-state index in [-0.39, 0.29) is 55.7 Å². The van der Waals surface area contributed by atoms with Crippen LogP contribution in [0.15, 0.2) is 4.99 Å². The van der Waals surface area contributed by atoms with Gasteiger partial charge in [0, 0.05) is 36.9 Å². The van der Waals surface area contributed by atoms with Gasteiger partial charge in [0.05, 0.1) is 0 Å². The van der Waals surface area contributed by atoms with E-state index in [1.54, 1.807) is 0 Å². The summed E-state index contributed by atoms with van der Waals surface area (Å²) in [7, 11) is 0. The van der Waals surface area contributed by atoms with Crippen molar-refractivity contribution in [2.24, 2.45) is 16.5 Å². The van der Waals surface area contributed by atoms with Crippen molar-refractivity contribution in [1.29, 1.82) is 0 Å². The Hall–Kier alpha value is -1.56. The third kappa shape index (κ3) is 11.1. The van der Waals surface area contributed by atoms with Gasteiger partial charge in [-0.1, -0.05) is 0 Å². The van der Waals surface area contributed by atoms with Crippen LogP contribution in [-0.4, -0.2) is 81.7 Å². The quantitative estimate of drug-likeness (QED) is 0.0947. The zero-order chi connectivity index (χ0) is 16.4. The summed E-state index contributed by atoms with van der Waals surface area (Å²) in [4.78, 5) is 36.2. The smallest absolute Gasteiger partial charge is 0.320 e. The Bertz CT molecular complexity index is 413. The zero-order valence-electron chi connectivity index (χ0n) is 11.9. The monoisotopic (exact) mass is 424 g/mol. The second kappa shape index (κ2) is 12.0. The molecule has 124 valence electrons. The summed E-state index contributed by atoms with van der Waals surface area (Å²) in [6.07, 6.45) is -0.122. The van der Waals surface area contributed by atoms with Crippen LogP contribution in [0, 0.1) is 0 Å². The minimum Gasteiger partial charge on any atom is -0.481 e. The SMILES string of the molecule is NC(N)=NCCCC(NC(CCC(=O)O)C(=O)O)C(=O)O.[Sn]. The van der Waals surface area contributed by atoms with Crippen LogP contribution in [0.25, 0.3) is 0 Å². The van der Waals surface area contributed by atoms with Gasteiger partial charge in [-0.3, -0.25) is 24.7 Å². The molecule has 11 heteroatoms. The molecule has 0 heterocycles. The van der Waals surface area contributed by atoms with Crippen molar-refractivity contribution in [2.45, 2.75) is 37.8 Å². The van der Waals surface area contributed by atoms with E-state index in [0.717, 1.165) is 0 Å².